The van der Waals surface area contributed by atoms with Gasteiger partial charge in [-0.05, 0) is 45.0 Å². The van der Waals surface area contributed by atoms with Gasteiger partial charge in [0.15, 0.2) is 22.7 Å². The number of benzene rings is 2. The minimum absolute atomic E-state index is 0.0579. The van der Waals surface area contributed by atoms with E-state index in [-0.39, 0.29) is 44.6 Å². The van der Waals surface area contributed by atoms with Crippen molar-refractivity contribution in [2.75, 3.05) is 36.8 Å². The number of amides is 1. The molecule has 1 aliphatic rings. The van der Waals surface area contributed by atoms with E-state index >= 15 is 0 Å². The Morgan fingerprint density at radius 1 is 1.05 bits per heavy atom. The number of hydrogen-bond acceptors (Lipinski definition) is 8. The van der Waals surface area contributed by atoms with E-state index in [1.807, 2.05) is 39.0 Å². The number of halogens is 1. The Morgan fingerprint density at radius 2 is 1.78 bits per heavy atom. The first-order valence-electron chi connectivity index (χ1n) is 11.9. The number of nitrogens with two attached hydrogens (primary N) is 1. The van der Waals surface area contributed by atoms with Crippen LogP contribution in [-0.4, -0.2) is 47.8 Å². The van der Waals surface area contributed by atoms with Crippen LogP contribution < -0.4 is 20.8 Å². The molecule has 1 aliphatic heterocycles. The van der Waals surface area contributed by atoms with E-state index < -0.39 is 5.60 Å². The Bertz CT molecular complexity index is 1550. The van der Waals surface area contributed by atoms with Crippen LogP contribution in [0, 0.1) is 0 Å². The zero-order valence-corrected chi connectivity index (χ0v) is 21.5. The van der Waals surface area contributed by atoms with Crippen molar-refractivity contribution in [3.8, 4) is 11.5 Å². The van der Waals surface area contributed by atoms with E-state index in [0.29, 0.717) is 37.5 Å². The first-order valence-corrected chi connectivity index (χ1v) is 12.3. The van der Waals surface area contributed by atoms with Gasteiger partial charge in [-0.25, -0.2) is 9.78 Å². The van der Waals surface area contributed by atoms with Crippen LogP contribution in [0.3, 0.4) is 0 Å². The summed E-state index contributed by atoms with van der Waals surface area (Å²) in [5, 5.41) is 0.550. The quantitative estimate of drug-likeness (QED) is 0.355. The maximum absolute atomic E-state index is 12.9. The normalized spacial score (nSPS) is 14.3. The van der Waals surface area contributed by atoms with E-state index in [0.717, 1.165) is 5.69 Å². The number of carbonyl (C=O) groups is 1. The first kappa shape index (κ1) is 24.7. The summed E-state index contributed by atoms with van der Waals surface area (Å²) in [6, 6.07) is 14.1. The molecule has 0 radical (unpaired) electrons. The molecule has 0 bridgehead atoms. The standard InChI is InChI=1S/C27H27ClN4O5/c1-27(2,3)37-26(34)32-12-10-31(11-13-32)16-6-4-7-17(14-16)35-21-15-20-23(30-25(21)29)24(33)22-18(28)8-5-9-19(22)36-20/h4-9,14-15H,10-13H2,1-3H3,(H2,29,30). The van der Waals surface area contributed by atoms with Gasteiger partial charge in [-0.15, -0.1) is 0 Å². The van der Waals surface area contributed by atoms with E-state index in [1.54, 1.807) is 35.2 Å². The van der Waals surface area contributed by atoms with Gasteiger partial charge in [-0.2, -0.15) is 0 Å². The lowest BCUT2D eigenvalue weighted by atomic mass is 10.2. The number of rotatable bonds is 3. The molecule has 2 N–H and O–H groups in total. The van der Waals surface area contributed by atoms with Crippen molar-refractivity contribution >= 4 is 51.3 Å². The molecule has 2 aromatic heterocycles. The van der Waals surface area contributed by atoms with Crippen molar-refractivity contribution < 1.29 is 18.7 Å². The largest absolute Gasteiger partial charge is 0.454 e. The summed E-state index contributed by atoms with van der Waals surface area (Å²) in [6.07, 6.45) is -0.301. The molecule has 0 atom stereocenters. The van der Waals surface area contributed by atoms with Crippen molar-refractivity contribution in [3.05, 3.63) is 63.8 Å². The van der Waals surface area contributed by atoms with Crippen LogP contribution in [0.2, 0.25) is 5.02 Å². The Balaban J connectivity index is 1.35. The molecule has 9 nitrogen and oxygen atoms in total. The van der Waals surface area contributed by atoms with Gasteiger partial charge in [0.2, 0.25) is 5.43 Å². The third kappa shape index (κ3) is 5.13. The molecule has 1 fully saturated rings. The lowest BCUT2D eigenvalue weighted by Crippen LogP contribution is -2.50. The second-order valence-corrected chi connectivity index (χ2v) is 10.2. The van der Waals surface area contributed by atoms with Crippen molar-refractivity contribution in [1.82, 2.24) is 9.88 Å². The number of piperazine rings is 1. The first-order chi connectivity index (χ1) is 17.6. The molecule has 192 valence electrons. The number of aromatic nitrogens is 1. The van der Waals surface area contributed by atoms with Crippen LogP contribution in [0.1, 0.15) is 20.8 Å². The Kier molecular flexibility index (Phi) is 6.33. The molecule has 2 aromatic carbocycles. The third-order valence-corrected chi connectivity index (χ3v) is 6.27. The highest BCUT2D eigenvalue weighted by Gasteiger charge is 2.26. The number of pyridine rings is 1. The zero-order valence-electron chi connectivity index (χ0n) is 20.8. The molecule has 37 heavy (non-hydrogen) atoms. The molecule has 0 spiro atoms. The number of ether oxygens (including phenoxy) is 2. The van der Waals surface area contributed by atoms with Gasteiger partial charge < -0.3 is 29.4 Å². The minimum atomic E-state index is -0.526. The van der Waals surface area contributed by atoms with Gasteiger partial charge >= 0.3 is 6.09 Å². The molecular formula is C27H27ClN4O5. The summed E-state index contributed by atoms with van der Waals surface area (Å²) in [5.41, 5.74) is 6.90. The topological polar surface area (TPSA) is 111 Å². The summed E-state index contributed by atoms with van der Waals surface area (Å²) in [6.45, 7) is 7.99. The maximum Gasteiger partial charge on any atom is 0.410 e. The minimum Gasteiger partial charge on any atom is -0.454 e. The van der Waals surface area contributed by atoms with Crippen molar-refractivity contribution in [3.63, 3.8) is 0 Å². The van der Waals surface area contributed by atoms with Gasteiger partial charge in [0, 0.05) is 44.0 Å². The Labute approximate surface area is 218 Å². The van der Waals surface area contributed by atoms with Crippen LogP contribution in [0.25, 0.3) is 22.1 Å². The molecule has 3 heterocycles. The lowest BCUT2D eigenvalue weighted by molar-refractivity contribution is 0.0240. The highest BCUT2D eigenvalue weighted by Crippen LogP contribution is 2.33. The van der Waals surface area contributed by atoms with Crippen molar-refractivity contribution in [1.29, 1.82) is 0 Å². The maximum atomic E-state index is 12.9. The fourth-order valence-electron chi connectivity index (χ4n) is 4.21. The van der Waals surface area contributed by atoms with Crippen LogP contribution in [0.4, 0.5) is 16.3 Å². The lowest BCUT2D eigenvalue weighted by Gasteiger charge is -2.36. The number of fused-ring (bicyclic) bond motifs is 2. The second-order valence-electron chi connectivity index (χ2n) is 9.82. The summed E-state index contributed by atoms with van der Waals surface area (Å²) in [5.74, 6) is 0.873. The van der Waals surface area contributed by atoms with Gasteiger partial charge in [-0.1, -0.05) is 23.7 Å². The van der Waals surface area contributed by atoms with Gasteiger partial charge in [0.1, 0.15) is 16.9 Å². The number of anilines is 2. The summed E-state index contributed by atoms with van der Waals surface area (Å²) in [4.78, 5) is 33.4. The van der Waals surface area contributed by atoms with E-state index in [9.17, 15) is 9.59 Å². The SMILES string of the molecule is CC(C)(C)OC(=O)N1CCN(c2cccc(Oc3cc4oc5cccc(Cl)c5c(=O)c4nc3N)c2)CC1. The molecule has 4 aromatic rings. The summed E-state index contributed by atoms with van der Waals surface area (Å²) >= 11 is 6.20. The predicted molar refractivity (Wildman–Crippen MR) is 144 cm³/mol. The third-order valence-electron chi connectivity index (χ3n) is 5.96. The predicted octanol–water partition coefficient (Wildman–Crippen LogP) is 5.43. The number of nitrogens with zero attached hydrogens (tertiary/aromatic N) is 3. The van der Waals surface area contributed by atoms with E-state index in [2.05, 4.69) is 9.88 Å². The highest BCUT2D eigenvalue weighted by atomic mass is 35.5. The zero-order chi connectivity index (χ0) is 26.3. The smallest absolute Gasteiger partial charge is 0.410 e. The van der Waals surface area contributed by atoms with E-state index in [4.69, 9.17) is 31.2 Å². The fourth-order valence-corrected chi connectivity index (χ4v) is 4.46. The molecule has 10 heteroatoms. The van der Waals surface area contributed by atoms with Crippen molar-refractivity contribution in [2.45, 2.75) is 26.4 Å². The van der Waals surface area contributed by atoms with Gasteiger partial charge in [0.05, 0.1) is 10.4 Å². The van der Waals surface area contributed by atoms with Crippen LogP contribution in [0.5, 0.6) is 11.5 Å². The highest BCUT2D eigenvalue weighted by molar-refractivity contribution is 6.35. The van der Waals surface area contributed by atoms with Gasteiger partial charge in [0.25, 0.3) is 0 Å². The number of carbonyl (C=O) groups excluding carboxylic acids is 1. The van der Waals surface area contributed by atoms with Gasteiger partial charge in [-0.3, -0.25) is 4.79 Å². The average molecular weight is 523 g/mol. The average Bonchev–Trinajstić information content (AvgIpc) is 2.84. The molecule has 0 saturated carbocycles. The Morgan fingerprint density at radius 3 is 2.51 bits per heavy atom. The summed E-state index contributed by atoms with van der Waals surface area (Å²) < 4.78 is 17.4. The molecular weight excluding hydrogens is 496 g/mol. The number of nitrogen functional groups attached to an aromatic ring is 1. The van der Waals surface area contributed by atoms with Crippen molar-refractivity contribution in [2.24, 2.45) is 0 Å². The number of hydrogen-bond donors (Lipinski definition) is 1. The molecule has 1 saturated heterocycles. The monoisotopic (exact) mass is 522 g/mol. The fraction of sp³-hybridized carbons (Fsp3) is 0.296. The van der Waals surface area contributed by atoms with Crippen LogP contribution in [-0.2, 0) is 4.74 Å². The van der Waals surface area contributed by atoms with Crippen LogP contribution in [0.15, 0.2) is 57.7 Å². The van der Waals surface area contributed by atoms with E-state index in [1.165, 1.54) is 0 Å². The molecule has 0 aliphatic carbocycles. The molecule has 0 unspecified atom stereocenters. The molecule has 1 amide bonds. The van der Waals surface area contributed by atoms with Crippen LogP contribution >= 0.6 is 11.6 Å². The Hall–Kier alpha value is -3.98. The molecule has 5 rings (SSSR count). The second kappa shape index (κ2) is 9.48. The summed E-state index contributed by atoms with van der Waals surface area (Å²) in [7, 11) is 0.